The summed E-state index contributed by atoms with van der Waals surface area (Å²) in [6.07, 6.45) is 8.10. The Kier molecular flexibility index (Phi) is 4.17. The van der Waals surface area contributed by atoms with Crippen molar-refractivity contribution in [3.63, 3.8) is 0 Å². The van der Waals surface area contributed by atoms with Crippen molar-refractivity contribution in [1.29, 1.82) is 0 Å². The molecular formula is C17H26O2. The van der Waals surface area contributed by atoms with Crippen molar-refractivity contribution in [2.75, 3.05) is 6.61 Å². The molecule has 2 heteroatoms. The van der Waals surface area contributed by atoms with Crippen LogP contribution in [0.15, 0.2) is 23.8 Å². The molecule has 1 saturated carbocycles. The van der Waals surface area contributed by atoms with Gasteiger partial charge >= 0.3 is 5.97 Å². The fourth-order valence-electron chi connectivity index (χ4n) is 3.71. The van der Waals surface area contributed by atoms with Gasteiger partial charge in [-0.05, 0) is 50.9 Å². The minimum absolute atomic E-state index is 0.157. The highest BCUT2D eigenvalue weighted by Gasteiger charge is 2.51. The summed E-state index contributed by atoms with van der Waals surface area (Å²) in [7, 11) is 0. The molecule has 0 saturated heterocycles. The van der Waals surface area contributed by atoms with E-state index in [9.17, 15) is 4.79 Å². The van der Waals surface area contributed by atoms with Crippen molar-refractivity contribution in [2.24, 2.45) is 17.3 Å². The van der Waals surface area contributed by atoms with Crippen LogP contribution < -0.4 is 0 Å². The van der Waals surface area contributed by atoms with Crippen LogP contribution in [0, 0.1) is 17.3 Å². The third kappa shape index (κ3) is 3.10. The summed E-state index contributed by atoms with van der Waals surface area (Å²) in [6.45, 7) is 10.8. The van der Waals surface area contributed by atoms with Gasteiger partial charge in [0.25, 0.3) is 0 Å². The minimum Gasteiger partial charge on any atom is -0.465 e. The zero-order chi connectivity index (χ0) is 14.0. The summed E-state index contributed by atoms with van der Waals surface area (Å²) in [5, 5.41) is 0. The number of hydrogen-bond acceptors (Lipinski definition) is 2. The van der Waals surface area contributed by atoms with Gasteiger partial charge in [0.15, 0.2) is 0 Å². The van der Waals surface area contributed by atoms with Crippen LogP contribution in [-0.2, 0) is 9.53 Å². The topological polar surface area (TPSA) is 26.3 Å². The molecule has 1 unspecified atom stereocenters. The molecule has 0 bridgehead atoms. The van der Waals surface area contributed by atoms with Crippen molar-refractivity contribution in [1.82, 2.24) is 0 Å². The molecule has 3 atom stereocenters. The molecule has 0 radical (unpaired) electrons. The van der Waals surface area contributed by atoms with Crippen molar-refractivity contribution in [3.8, 4) is 0 Å². The highest BCUT2D eigenvalue weighted by atomic mass is 16.5. The summed E-state index contributed by atoms with van der Waals surface area (Å²) in [4.78, 5) is 11.0. The van der Waals surface area contributed by atoms with Crippen LogP contribution in [0.2, 0.25) is 0 Å². The molecule has 0 spiro atoms. The maximum absolute atomic E-state index is 11.0. The van der Waals surface area contributed by atoms with Gasteiger partial charge in [-0.2, -0.15) is 0 Å². The third-order valence-electron chi connectivity index (χ3n) is 5.00. The van der Waals surface area contributed by atoms with Gasteiger partial charge in [0.05, 0.1) is 6.61 Å². The van der Waals surface area contributed by atoms with E-state index in [4.69, 9.17) is 4.74 Å². The first-order valence-electron chi connectivity index (χ1n) is 7.39. The molecule has 2 rings (SSSR count). The maximum Gasteiger partial charge on any atom is 0.302 e. The molecule has 2 aliphatic rings. The molecule has 0 aliphatic heterocycles. The molecule has 1 fully saturated rings. The number of carbonyl (C=O) groups excluding carboxylic acids is 1. The number of rotatable bonds is 2. The largest absolute Gasteiger partial charge is 0.465 e. The maximum atomic E-state index is 11.0. The number of allylic oxidation sites excluding steroid dienone is 3. The van der Waals surface area contributed by atoms with Gasteiger partial charge in [0.2, 0.25) is 0 Å². The second-order valence-electron chi connectivity index (χ2n) is 6.64. The van der Waals surface area contributed by atoms with E-state index in [-0.39, 0.29) is 11.4 Å². The van der Waals surface area contributed by atoms with Gasteiger partial charge in [-0.25, -0.2) is 0 Å². The van der Waals surface area contributed by atoms with E-state index in [1.54, 1.807) is 0 Å². The summed E-state index contributed by atoms with van der Waals surface area (Å²) in [6, 6.07) is 0. The average molecular weight is 262 g/mol. The van der Waals surface area contributed by atoms with Crippen LogP contribution >= 0.6 is 0 Å². The van der Waals surface area contributed by atoms with Gasteiger partial charge in [0.1, 0.15) is 0 Å². The molecule has 0 aromatic rings. The lowest BCUT2D eigenvalue weighted by atomic mass is 9.51. The second-order valence-corrected chi connectivity index (χ2v) is 6.64. The van der Waals surface area contributed by atoms with Gasteiger partial charge in [-0.15, -0.1) is 0 Å². The lowest BCUT2D eigenvalue weighted by molar-refractivity contribution is -0.152. The number of ether oxygens (including phenoxy) is 1. The SMILES string of the molecule is C=C1CC/C=C(/C)CC[C@@H]2[C@@H]1CC2(C)COC(C)=O. The first kappa shape index (κ1) is 14.4. The normalized spacial score (nSPS) is 37.8. The van der Waals surface area contributed by atoms with Crippen LogP contribution in [-0.4, -0.2) is 12.6 Å². The summed E-state index contributed by atoms with van der Waals surface area (Å²) in [5.74, 6) is 1.10. The third-order valence-corrected chi connectivity index (χ3v) is 5.00. The molecule has 2 nitrogen and oxygen atoms in total. The van der Waals surface area contributed by atoms with Gasteiger partial charge in [-0.3, -0.25) is 4.79 Å². The lowest BCUT2D eigenvalue weighted by Crippen LogP contribution is -2.49. The Labute approximate surface area is 116 Å². The molecule has 106 valence electrons. The van der Waals surface area contributed by atoms with Crippen molar-refractivity contribution < 1.29 is 9.53 Å². The number of carbonyl (C=O) groups is 1. The number of hydrogen-bond donors (Lipinski definition) is 0. The van der Waals surface area contributed by atoms with E-state index in [1.165, 1.54) is 30.9 Å². The fourth-order valence-corrected chi connectivity index (χ4v) is 3.71. The van der Waals surface area contributed by atoms with Gasteiger partial charge in [0, 0.05) is 12.3 Å². The van der Waals surface area contributed by atoms with Crippen molar-refractivity contribution in [2.45, 2.75) is 52.9 Å². The number of esters is 1. The van der Waals surface area contributed by atoms with E-state index in [0.717, 1.165) is 19.3 Å². The predicted molar refractivity (Wildman–Crippen MR) is 77.7 cm³/mol. The average Bonchev–Trinajstić information content (AvgIpc) is 2.37. The molecular weight excluding hydrogens is 236 g/mol. The summed E-state index contributed by atoms with van der Waals surface area (Å²) < 4.78 is 5.28. The van der Waals surface area contributed by atoms with Crippen LogP contribution in [0.3, 0.4) is 0 Å². The van der Waals surface area contributed by atoms with Crippen LogP contribution in [0.5, 0.6) is 0 Å². The van der Waals surface area contributed by atoms with E-state index >= 15 is 0 Å². The molecule has 2 aliphatic carbocycles. The monoisotopic (exact) mass is 262 g/mol. The molecule has 0 aromatic heterocycles. The highest BCUT2D eigenvalue weighted by molar-refractivity contribution is 5.65. The van der Waals surface area contributed by atoms with Crippen molar-refractivity contribution >= 4 is 5.97 Å². The molecule has 0 N–H and O–H groups in total. The van der Waals surface area contributed by atoms with Gasteiger partial charge < -0.3 is 4.74 Å². The van der Waals surface area contributed by atoms with E-state index < -0.39 is 0 Å². The highest BCUT2D eigenvalue weighted by Crippen LogP contribution is 2.57. The molecule has 0 aromatic carbocycles. The quantitative estimate of drug-likeness (QED) is 0.549. The fraction of sp³-hybridized carbons (Fsp3) is 0.706. The first-order valence-corrected chi connectivity index (χ1v) is 7.39. The molecule has 0 heterocycles. The Bertz CT molecular complexity index is 407. The minimum atomic E-state index is -0.164. The second kappa shape index (κ2) is 5.52. The molecule has 0 amide bonds. The molecule has 19 heavy (non-hydrogen) atoms. The Morgan fingerprint density at radius 1 is 1.53 bits per heavy atom. The standard InChI is InChI=1S/C17H26O2/c1-12-6-5-7-13(2)15-10-17(4,11-19-14(3)18)16(15)9-8-12/h6,15-16H,2,5,7-11H2,1,3-4H3/b12-6-/t15-,16-,17?/m1/s1. The van der Waals surface area contributed by atoms with Crippen LogP contribution in [0.25, 0.3) is 0 Å². The van der Waals surface area contributed by atoms with Gasteiger partial charge in [-0.1, -0.05) is 30.7 Å². The van der Waals surface area contributed by atoms with Crippen LogP contribution in [0.1, 0.15) is 52.9 Å². The zero-order valence-electron chi connectivity index (χ0n) is 12.5. The van der Waals surface area contributed by atoms with E-state index in [2.05, 4.69) is 26.5 Å². The lowest BCUT2D eigenvalue weighted by Gasteiger charge is -2.54. The van der Waals surface area contributed by atoms with Crippen molar-refractivity contribution in [3.05, 3.63) is 23.8 Å². The smallest absolute Gasteiger partial charge is 0.302 e. The Balaban J connectivity index is 2.06. The zero-order valence-corrected chi connectivity index (χ0v) is 12.5. The Morgan fingerprint density at radius 2 is 2.26 bits per heavy atom. The van der Waals surface area contributed by atoms with E-state index in [0.29, 0.717) is 18.4 Å². The number of fused-ring (bicyclic) bond motifs is 1. The summed E-state index contributed by atoms with van der Waals surface area (Å²) >= 11 is 0. The Hall–Kier alpha value is -1.05. The predicted octanol–water partition coefficient (Wildman–Crippen LogP) is 4.27. The van der Waals surface area contributed by atoms with E-state index in [1.807, 2.05) is 0 Å². The first-order chi connectivity index (χ1) is 8.92. The summed E-state index contributed by atoms with van der Waals surface area (Å²) in [5.41, 5.74) is 3.05. The van der Waals surface area contributed by atoms with Crippen LogP contribution in [0.4, 0.5) is 0 Å². The Morgan fingerprint density at radius 3 is 2.95 bits per heavy atom.